The second kappa shape index (κ2) is 6.71. The van der Waals surface area contributed by atoms with Gasteiger partial charge in [0.05, 0.1) is 22.7 Å². The van der Waals surface area contributed by atoms with Crippen LogP contribution in [0.15, 0.2) is 11.6 Å². The van der Waals surface area contributed by atoms with Crippen molar-refractivity contribution >= 4 is 5.97 Å². The minimum absolute atomic E-state index is 0.0284. The zero-order valence-corrected chi connectivity index (χ0v) is 22.5. The Hall–Kier alpha value is -0.870. The van der Waals surface area contributed by atoms with Gasteiger partial charge >= 0.3 is 5.97 Å². The first-order valence-electron chi connectivity index (χ1n) is 14.0. The summed E-state index contributed by atoms with van der Waals surface area (Å²) in [5.74, 6) is 1.09. The van der Waals surface area contributed by atoms with Crippen molar-refractivity contribution in [3.8, 4) is 0 Å². The number of rotatable bonds is 1. The largest absolute Gasteiger partial charge is 0.461 e. The molecule has 4 heteroatoms. The van der Waals surface area contributed by atoms with E-state index >= 15 is 0 Å². The van der Waals surface area contributed by atoms with E-state index in [0.29, 0.717) is 11.8 Å². The first-order valence-corrected chi connectivity index (χ1v) is 14.0. The van der Waals surface area contributed by atoms with Crippen molar-refractivity contribution in [2.24, 2.45) is 39.4 Å². The maximum absolute atomic E-state index is 13.8. The molecule has 0 aromatic carbocycles. The first kappa shape index (κ1) is 23.5. The summed E-state index contributed by atoms with van der Waals surface area (Å²) in [6.45, 7) is 16.2. The van der Waals surface area contributed by atoms with Crippen molar-refractivity contribution in [2.75, 3.05) is 0 Å². The molecule has 0 aromatic heterocycles. The molecule has 1 spiro atoms. The van der Waals surface area contributed by atoms with Crippen molar-refractivity contribution in [1.29, 1.82) is 0 Å². The number of carbonyl (C=O) groups excluding carboxylic acids is 1. The number of ether oxygens (including phenoxy) is 2. The maximum atomic E-state index is 13.8. The van der Waals surface area contributed by atoms with Crippen LogP contribution in [0, 0.1) is 39.4 Å². The van der Waals surface area contributed by atoms with Crippen molar-refractivity contribution in [3.63, 3.8) is 0 Å². The minimum Gasteiger partial charge on any atom is -0.461 e. The molecule has 0 radical (unpaired) electrons. The lowest BCUT2D eigenvalue weighted by molar-refractivity contribution is -0.211. The van der Waals surface area contributed by atoms with Gasteiger partial charge in [0.15, 0.2) is 0 Å². The Balaban J connectivity index is 1.44. The van der Waals surface area contributed by atoms with Crippen LogP contribution in [0.4, 0.5) is 0 Å². The minimum atomic E-state index is -0.471. The Morgan fingerprint density at radius 3 is 2.41 bits per heavy atom. The van der Waals surface area contributed by atoms with E-state index in [2.05, 4.69) is 54.5 Å². The summed E-state index contributed by atoms with van der Waals surface area (Å²) in [4.78, 5) is 13.8. The highest BCUT2D eigenvalue weighted by molar-refractivity contribution is 5.83. The lowest BCUT2D eigenvalue weighted by Gasteiger charge is -2.64. The predicted octanol–water partition coefficient (Wildman–Crippen LogP) is 6.21. The molecule has 2 aliphatic heterocycles. The van der Waals surface area contributed by atoms with Gasteiger partial charge in [-0.15, -0.1) is 0 Å². The summed E-state index contributed by atoms with van der Waals surface area (Å²) in [5.41, 5.74) is 0.627. The van der Waals surface area contributed by atoms with Crippen LogP contribution in [0.5, 0.6) is 0 Å². The Morgan fingerprint density at radius 1 is 0.971 bits per heavy atom. The van der Waals surface area contributed by atoms with E-state index in [1.54, 1.807) is 5.57 Å². The third kappa shape index (κ3) is 2.61. The van der Waals surface area contributed by atoms with Gasteiger partial charge in [0.2, 0.25) is 0 Å². The molecule has 6 aliphatic rings. The predicted molar refractivity (Wildman–Crippen MR) is 132 cm³/mol. The molecule has 2 heterocycles. The Kier molecular flexibility index (Phi) is 4.64. The number of aliphatic hydroxyl groups is 1. The number of carbonyl (C=O) groups is 1. The Morgan fingerprint density at radius 2 is 1.71 bits per heavy atom. The molecule has 2 bridgehead atoms. The van der Waals surface area contributed by atoms with Crippen LogP contribution in [-0.4, -0.2) is 34.5 Å². The average Bonchev–Trinajstić information content (AvgIpc) is 3.15. The molecule has 4 aliphatic carbocycles. The number of aliphatic hydroxyl groups excluding tert-OH is 1. The van der Waals surface area contributed by atoms with E-state index in [9.17, 15) is 9.90 Å². The van der Waals surface area contributed by atoms with E-state index in [1.165, 1.54) is 0 Å². The number of fused-ring (bicyclic) bond motifs is 5. The van der Waals surface area contributed by atoms with Crippen LogP contribution in [0.1, 0.15) is 106 Å². The topological polar surface area (TPSA) is 55.8 Å². The number of hydrogen-bond donors (Lipinski definition) is 1. The average molecular weight is 471 g/mol. The van der Waals surface area contributed by atoms with Crippen LogP contribution in [0.25, 0.3) is 0 Å². The van der Waals surface area contributed by atoms with Gasteiger partial charge in [-0.1, -0.05) is 39.3 Å². The van der Waals surface area contributed by atoms with Gasteiger partial charge < -0.3 is 14.6 Å². The highest BCUT2D eigenvalue weighted by Gasteiger charge is 2.79. The van der Waals surface area contributed by atoms with Gasteiger partial charge in [0.1, 0.15) is 6.10 Å². The maximum Gasteiger partial charge on any atom is 0.313 e. The van der Waals surface area contributed by atoms with Crippen LogP contribution < -0.4 is 0 Å². The zero-order chi connectivity index (χ0) is 24.5. The molecule has 34 heavy (non-hydrogen) atoms. The second-order valence-electron chi connectivity index (χ2n) is 14.9. The van der Waals surface area contributed by atoms with Gasteiger partial charge in [-0.25, -0.2) is 0 Å². The molecule has 0 amide bonds. The van der Waals surface area contributed by atoms with Crippen molar-refractivity contribution in [2.45, 2.75) is 130 Å². The van der Waals surface area contributed by atoms with E-state index in [-0.39, 0.29) is 51.5 Å². The van der Waals surface area contributed by atoms with E-state index in [0.717, 1.165) is 57.8 Å². The van der Waals surface area contributed by atoms with Crippen LogP contribution in [0.2, 0.25) is 0 Å². The highest BCUT2D eigenvalue weighted by atomic mass is 16.6. The molecule has 5 fully saturated rings. The molecular weight excluding hydrogens is 424 g/mol. The van der Waals surface area contributed by atoms with Crippen molar-refractivity contribution in [3.05, 3.63) is 11.6 Å². The molecule has 0 aromatic rings. The zero-order valence-electron chi connectivity index (χ0n) is 22.5. The Bertz CT molecular complexity index is 949. The van der Waals surface area contributed by atoms with Crippen LogP contribution in [-0.2, 0) is 14.3 Å². The summed E-state index contributed by atoms with van der Waals surface area (Å²) >= 11 is 0. The third-order valence-electron chi connectivity index (χ3n) is 12.4. The number of hydrogen-bond acceptors (Lipinski definition) is 4. The fraction of sp³-hybridized carbons (Fsp3) is 0.900. The molecule has 190 valence electrons. The van der Waals surface area contributed by atoms with E-state index < -0.39 is 5.41 Å². The van der Waals surface area contributed by atoms with Crippen LogP contribution in [0.3, 0.4) is 0 Å². The normalized spacial score (nSPS) is 55.0. The summed E-state index contributed by atoms with van der Waals surface area (Å²) in [5, 5.41) is 10.9. The van der Waals surface area contributed by atoms with Crippen molar-refractivity contribution in [1.82, 2.24) is 0 Å². The van der Waals surface area contributed by atoms with Gasteiger partial charge in [-0.05, 0) is 107 Å². The molecule has 1 N–H and O–H groups in total. The molecule has 0 unspecified atom stereocenters. The molecule has 4 nitrogen and oxygen atoms in total. The third-order valence-corrected chi connectivity index (χ3v) is 12.4. The van der Waals surface area contributed by atoms with Gasteiger partial charge in [0.25, 0.3) is 0 Å². The quantitative estimate of drug-likeness (QED) is 0.366. The number of allylic oxidation sites excluding steroid dienone is 2. The fourth-order valence-electron chi connectivity index (χ4n) is 11.0. The number of esters is 1. The Labute approximate surface area is 206 Å². The molecular formula is C30H46O4. The summed E-state index contributed by atoms with van der Waals surface area (Å²) < 4.78 is 13.0. The monoisotopic (exact) mass is 470 g/mol. The fourth-order valence-corrected chi connectivity index (χ4v) is 11.0. The standard InChI is InChI=1S/C30H46O4/c1-25(2)13-8-14-29(7,34-25)23-20-17-28(6)19-9-10-21-26(3,4)22(31)12-15-27(21,5)18(19)11-16-30(23,28)24(32)33-20/h11,19-23,31H,8-10,12-17H2,1-7H3/t19-,20+,21+,22+,23-,27-,28+,29-,30-/m1/s1. The molecule has 3 saturated carbocycles. The van der Waals surface area contributed by atoms with Gasteiger partial charge in [-0.2, -0.15) is 0 Å². The van der Waals surface area contributed by atoms with Gasteiger partial charge in [-0.3, -0.25) is 4.79 Å². The van der Waals surface area contributed by atoms with Crippen LogP contribution >= 0.6 is 0 Å². The lowest BCUT2D eigenvalue weighted by atomic mass is 9.40. The smallest absolute Gasteiger partial charge is 0.313 e. The second-order valence-corrected chi connectivity index (χ2v) is 14.9. The molecule has 9 atom stereocenters. The highest BCUT2D eigenvalue weighted by Crippen LogP contribution is 2.76. The lowest BCUT2D eigenvalue weighted by Crippen LogP contribution is -2.61. The van der Waals surface area contributed by atoms with Gasteiger partial charge in [0, 0.05) is 5.92 Å². The van der Waals surface area contributed by atoms with E-state index in [1.807, 2.05) is 0 Å². The van der Waals surface area contributed by atoms with E-state index in [4.69, 9.17) is 9.47 Å². The molecule has 2 saturated heterocycles. The van der Waals surface area contributed by atoms with Crippen molar-refractivity contribution < 1.29 is 19.4 Å². The first-order chi connectivity index (χ1) is 15.7. The summed E-state index contributed by atoms with van der Waals surface area (Å²) in [6.07, 6.45) is 11.4. The summed E-state index contributed by atoms with van der Waals surface area (Å²) in [6, 6.07) is 0. The SMILES string of the molecule is CC1(C)CCC[C@](C)([C@H]2[C@@H]3C[C@@]4(C)[C@@H]5CC[C@H]6C(C)(C)[C@@H](O)CC[C@]6(C)C5=CC[C@]24C(=O)O3)O1. The summed E-state index contributed by atoms with van der Waals surface area (Å²) in [7, 11) is 0. The molecule has 6 rings (SSSR count).